The van der Waals surface area contributed by atoms with Gasteiger partial charge in [0.05, 0.1) is 16.1 Å². The van der Waals surface area contributed by atoms with E-state index in [9.17, 15) is 4.79 Å². The lowest BCUT2D eigenvalue weighted by Crippen LogP contribution is -2.25. The second-order valence-corrected chi connectivity index (χ2v) is 6.48. The average molecular weight is 333 g/mol. The first-order chi connectivity index (χ1) is 11.1. The zero-order valence-corrected chi connectivity index (χ0v) is 14.0. The van der Waals surface area contributed by atoms with Gasteiger partial charge in [-0.2, -0.15) is 0 Å². The molecule has 1 aromatic carbocycles. The molecule has 1 atom stereocenters. The molecule has 1 amide bonds. The molecule has 1 saturated heterocycles. The summed E-state index contributed by atoms with van der Waals surface area (Å²) in [6.45, 7) is 4.29. The molecule has 23 heavy (non-hydrogen) atoms. The van der Waals surface area contributed by atoms with Gasteiger partial charge in [-0.15, -0.1) is 0 Å². The van der Waals surface area contributed by atoms with Crippen LogP contribution >= 0.6 is 11.6 Å². The number of para-hydroxylation sites is 1. The van der Waals surface area contributed by atoms with Crippen LogP contribution in [0, 0.1) is 12.8 Å². The van der Waals surface area contributed by atoms with Crippen molar-refractivity contribution in [3.8, 4) is 0 Å². The summed E-state index contributed by atoms with van der Waals surface area (Å²) in [6.07, 6.45) is 3.21. The van der Waals surface area contributed by atoms with Gasteiger partial charge in [-0.3, -0.25) is 9.78 Å². The van der Waals surface area contributed by atoms with Crippen molar-refractivity contribution in [1.82, 2.24) is 10.3 Å². The number of fused-ring (bicyclic) bond motifs is 1. The maximum absolute atomic E-state index is 12.5. The molecule has 2 aromatic rings. The van der Waals surface area contributed by atoms with Crippen LogP contribution in [0.3, 0.4) is 0 Å². The van der Waals surface area contributed by atoms with Crippen molar-refractivity contribution < 1.29 is 9.53 Å². The molecule has 4 nitrogen and oxygen atoms in total. The molecule has 0 saturated carbocycles. The highest BCUT2D eigenvalue weighted by Gasteiger charge is 2.16. The normalized spacial score (nSPS) is 17.6. The number of halogens is 1. The van der Waals surface area contributed by atoms with Gasteiger partial charge in [0.2, 0.25) is 0 Å². The van der Waals surface area contributed by atoms with Crippen LogP contribution in [-0.4, -0.2) is 30.6 Å². The zero-order valence-electron chi connectivity index (χ0n) is 13.3. The van der Waals surface area contributed by atoms with E-state index in [-0.39, 0.29) is 5.91 Å². The Morgan fingerprint density at radius 2 is 2.35 bits per heavy atom. The minimum atomic E-state index is -0.0644. The molecular weight excluding hydrogens is 312 g/mol. The van der Waals surface area contributed by atoms with Crippen molar-refractivity contribution in [2.75, 3.05) is 19.8 Å². The van der Waals surface area contributed by atoms with Crippen molar-refractivity contribution in [1.29, 1.82) is 0 Å². The van der Waals surface area contributed by atoms with Gasteiger partial charge in [-0.25, -0.2) is 0 Å². The molecule has 0 spiro atoms. The number of benzene rings is 1. The second-order valence-electron chi connectivity index (χ2n) is 6.07. The van der Waals surface area contributed by atoms with E-state index >= 15 is 0 Å². The number of pyridine rings is 1. The Bertz CT molecular complexity index is 711. The van der Waals surface area contributed by atoms with Crippen molar-refractivity contribution in [3.63, 3.8) is 0 Å². The van der Waals surface area contributed by atoms with Crippen LogP contribution < -0.4 is 5.32 Å². The van der Waals surface area contributed by atoms with Gasteiger partial charge >= 0.3 is 0 Å². The van der Waals surface area contributed by atoms with Gasteiger partial charge in [-0.1, -0.05) is 23.7 Å². The van der Waals surface area contributed by atoms with E-state index in [1.165, 1.54) is 0 Å². The Morgan fingerprint density at radius 3 is 3.13 bits per heavy atom. The number of rotatable bonds is 5. The number of ether oxygens (including phenoxy) is 1. The number of nitrogens with zero attached hydrogens (tertiary/aromatic N) is 1. The first kappa shape index (κ1) is 16.2. The number of carbonyl (C=O) groups is 1. The standard InChI is InChI=1S/C18H21ClN2O2/c1-12-10-15(14-5-2-6-16(19)17(14)21-12)18(22)20-8-3-4-13-7-9-23-11-13/h2,5-6,10,13H,3-4,7-9,11H2,1H3,(H,20,22)/t13-/m1/s1. The van der Waals surface area contributed by atoms with E-state index in [0.29, 0.717) is 28.6 Å². The molecule has 3 rings (SSSR count). The van der Waals surface area contributed by atoms with Crippen LogP contribution in [0.25, 0.3) is 10.9 Å². The van der Waals surface area contributed by atoms with Crippen LogP contribution in [0.1, 0.15) is 35.3 Å². The highest BCUT2D eigenvalue weighted by molar-refractivity contribution is 6.35. The summed E-state index contributed by atoms with van der Waals surface area (Å²) in [4.78, 5) is 17.0. The van der Waals surface area contributed by atoms with E-state index < -0.39 is 0 Å². The molecule has 1 fully saturated rings. The minimum Gasteiger partial charge on any atom is -0.381 e. The fraction of sp³-hybridized carbons (Fsp3) is 0.444. The monoisotopic (exact) mass is 332 g/mol. The summed E-state index contributed by atoms with van der Waals surface area (Å²) in [5, 5.41) is 4.38. The topological polar surface area (TPSA) is 51.2 Å². The Morgan fingerprint density at radius 1 is 1.48 bits per heavy atom. The molecular formula is C18H21ClN2O2. The van der Waals surface area contributed by atoms with Crippen LogP contribution in [0.4, 0.5) is 0 Å². The fourth-order valence-electron chi connectivity index (χ4n) is 3.03. The molecule has 0 unspecified atom stereocenters. The van der Waals surface area contributed by atoms with Gasteiger partial charge in [0, 0.05) is 30.8 Å². The van der Waals surface area contributed by atoms with Crippen LogP contribution in [-0.2, 0) is 4.74 Å². The van der Waals surface area contributed by atoms with Crippen LogP contribution in [0.5, 0.6) is 0 Å². The number of nitrogens with one attached hydrogen (secondary N) is 1. The molecule has 1 aliphatic rings. The summed E-state index contributed by atoms with van der Waals surface area (Å²) in [7, 11) is 0. The number of hydrogen-bond donors (Lipinski definition) is 1. The molecule has 122 valence electrons. The molecule has 0 radical (unpaired) electrons. The molecule has 0 bridgehead atoms. The number of aryl methyl sites for hydroxylation is 1. The predicted octanol–water partition coefficient (Wildman–Crippen LogP) is 3.74. The zero-order chi connectivity index (χ0) is 16.2. The van der Waals surface area contributed by atoms with E-state index in [1.54, 1.807) is 6.07 Å². The van der Waals surface area contributed by atoms with Gasteiger partial charge in [-0.05, 0) is 44.2 Å². The SMILES string of the molecule is Cc1cc(C(=O)NCCC[C@@H]2CCOC2)c2cccc(Cl)c2n1. The first-order valence-electron chi connectivity index (χ1n) is 8.07. The molecule has 1 aromatic heterocycles. The maximum atomic E-state index is 12.5. The number of aromatic nitrogens is 1. The highest BCUT2D eigenvalue weighted by atomic mass is 35.5. The Hall–Kier alpha value is -1.65. The van der Waals surface area contributed by atoms with E-state index in [2.05, 4.69) is 10.3 Å². The smallest absolute Gasteiger partial charge is 0.252 e. The lowest BCUT2D eigenvalue weighted by atomic mass is 10.0. The van der Waals surface area contributed by atoms with Crippen LogP contribution in [0.2, 0.25) is 5.02 Å². The van der Waals surface area contributed by atoms with Gasteiger partial charge in [0.1, 0.15) is 0 Å². The summed E-state index contributed by atoms with van der Waals surface area (Å²) in [5.41, 5.74) is 2.11. The van der Waals surface area contributed by atoms with Gasteiger partial charge < -0.3 is 10.1 Å². The highest BCUT2D eigenvalue weighted by Crippen LogP contribution is 2.25. The predicted molar refractivity (Wildman–Crippen MR) is 92.0 cm³/mol. The Balaban J connectivity index is 1.67. The van der Waals surface area contributed by atoms with Gasteiger partial charge in [0.25, 0.3) is 5.91 Å². The van der Waals surface area contributed by atoms with Crippen molar-refractivity contribution in [3.05, 3.63) is 40.5 Å². The molecule has 1 aliphatic heterocycles. The van der Waals surface area contributed by atoms with Gasteiger partial charge in [0.15, 0.2) is 0 Å². The van der Waals surface area contributed by atoms with Crippen LogP contribution in [0.15, 0.2) is 24.3 Å². The molecule has 5 heteroatoms. The molecule has 1 N–H and O–H groups in total. The second kappa shape index (κ2) is 7.28. The number of hydrogen-bond acceptors (Lipinski definition) is 3. The largest absolute Gasteiger partial charge is 0.381 e. The van der Waals surface area contributed by atoms with E-state index in [1.807, 2.05) is 25.1 Å². The fourth-order valence-corrected chi connectivity index (χ4v) is 3.25. The third kappa shape index (κ3) is 3.82. The first-order valence-corrected chi connectivity index (χ1v) is 8.45. The summed E-state index contributed by atoms with van der Waals surface area (Å²) >= 11 is 6.20. The lowest BCUT2D eigenvalue weighted by molar-refractivity contribution is 0.0954. The maximum Gasteiger partial charge on any atom is 0.252 e. The summed E-state index contributed by atoms with van der Waals surface area (Å²) < 4.78 is 5.37. The van der Waals surface area contributed by atoms with Crippen molar-refractivity contribution >= 4 is 28.4 Å². The van der Waals surface area contributed by atoms with E-state index in [4.69, 9.17) is 16.3 Å². The average Bonchev–Trinajstić information content (AvgIpc) is 3.05. The molecule has 2 heterocycles. The van der Waals surface area contributed by atoms with E-state index in [0.717, 1.165) is 43.6 Å². The Labute approximate surface area is 141 Å². The van der Waals surface area contributed by atoms with Crippen molar-refractivity contribution in [2.24, 2.45) is 5.92 Å². The summed E-state index contributed by atoms with van der Waals surface area (Å²) in [6, 6.07) is 7.34. The number of carbonyl (C=O) groups excluding carboxylic acids is 1. The summed E-state index contributed by atoms with van der Waals surface area (Å²) in [5.74, 6) is 0.583. The third-order valence-electron chi connectivity index (χ3n) is 4.26. The molecule has 0 aliphatic carbocycles. The van der Waals surface area contributed by atoms with Crippen molar-refractivity contribution in [2.45, 2.75) is 26.2 Å². The lowest BCUT2D eigenvalue weighted by Gasteiger charge is -2.11. The number of amides is 1. The third-order valence-corrected chi connectivity index (χ3v) is 4.57. The Kier molecular flexibility index (Phi) is 5.13. The quantitative estimate of drug-likeness (QED) is 0.848. The minimum absolute atomic E-state index is 0.0644.